The van der Waals surface area contributed by atoms with E-state index >= 15 is 0 Å². The second kappa shape index (κ2) is 10.0. The molecule has 1 aliphatic rings. The molecule has 6 nitrogen and oxygen atoms in total. The fourth-order valence-electron chi connectivity index (χ4n) is 3.26. The van der Waals surface area contributed by atoms with Gasteiger partial charge < -0.3 is 15.0 Å². The molecular formula is C22H27N3O3. The minimum absolute atomic E-state index is 0.0114. The van der Waals surface area contributed by atoms with E-state index in [4.69, 9.17) is 4.74 Å². The number of rotatable bonds is 7. The second-order valence-corrected chi connectivity index (χ2v) is 6.96. The van der Waals surface area contributed by atoms with Crippen molar-refractivity contribution >= 4 is 11.8 Å². The standard InChI is InChI=1S/C22H27N3O3/c1-28-17-19-7-9-20(10-8-19)22(27)25-13-11-24(12-14-25)16-21(26)23-15-18-5-3-2-4-6-18/h2-10H,11-17H2,1H3,(H,23,26). The van der Waals surface area contributed by atoms with Gasteiger partial charge in [0, 0.05) is 45.4 Å². The number of methoxy groups -OCH3 is 1. The topological polar surface area (TPSA) is 61.9 Å². The predicted octanol–water partition coefficient (Wildman–Crippen LogP) is 1.91. The van der Waals surface area contributed by atoms with Gasteiger partial charge in [-0.15, -0.1) is 0 Å². The third-order valence-corrected chi connectivity index (χ3v) is 4.87. The minimum atomic E-state index is 0.0114. The van der Waals surface area contributed by atoms with Gasteiger partial charge in [0.2, 0.25) is 5.91 Å². The molecule has 2 aromatic carbocycles. The van der Waals surface area contributed by atoms with Crippen molar-refractivity contribution < 1.29 is 14.3 Å². The monoisotopic (exact) mass is 381 g/mol. The summed E-state index contributed by atoms with van der Waals surface area (Å²) >= 11 is 0. The lowest BCUT2D eigenvalue weighted by atomic mass is 10.1. The smallest absolute Gasteiger partial charge is 0.253 e. The first-order valence-corrected chi connectivity index (χ1v) is 9.56. The molecule has 148 valence electrons. The highest BCUT2D eigenvalue weighted by molar-refractivity contribution is 5.94. The van der Waals surface area contributed by atoms with Gasteiger partial charge in [-0.05, 0) is 23.3 Å². The fourth-order valence-corrected chi connectivity index (χ4v) is 3.26. The summed E-state index contributed by atoms with van der Waals surface area (Å²) in [5, 5.41) is 2.95. The van der Waals surface area contributed by atoms with E-state index in [0.29, 0.717) is 51.4 Å². The molecule has 1 aliphatic heterocycles. The summed E-state index contributed by atoms with van der Waals surface area (Å²) in [6.45, 7) is 4.10. The van der Waals surface area contributed by atoms with E-state index in [-0.39, 0.29) is 11.8 Å². The minimum Gasteiger partial charge on any atom is -0.380 e. The molecule has 2 amide bonds. The quantitative estimate of drug-likeness (QED) is 0.796. The first-order valence-electron chi connectivity index (χ1n) is 9.56. The zero-order valence-electron chi connectivity index (χ0n) is 16.3. The molecule has 0 aliphatic carbocycles. The van der Waals surface area contributed by atoms with Crippen LogP contribution in [0, 0.1) is 0 Å². The summed E-state index contributed by atoms with van der Waals surface area (Å²) in [4.78, 5) is 28.8. The van der Waals surface area contributed by atoms with Crippen molar-refractivity contribution in [1.29, 1.82) is 0 Å². The molecule has 1 heterocycles. The van der Waals surface area contributed by atoms with Gasteiger partial charge in [0.1, 0.15) is 0 Å². The molecule has 0 unspecified atom stereocenters. The van der Waals surface area contributed by atoms with Crippen molar-refractivity contribution in [3.8, 4) is 0 Å². The van der Waals surface area contributed by atoms with Crippen LogP contribution in [0.4, 0.5) is 0 Å². The van der Waals surface area contributed by atoms with Crippen molar-refractivity contribution in [2.75, 3.05) is 39.8 Å². The van der Waals surface area contributed by atoms with Crippen LogP contribution in [0.1, 0.15) is 21.5 Å². The Morgan fingerprint density at radius 2 is 1.61 bits per heavy atom. The Hall–Kier alpha value is -2.70. The van der Waals surface area contributed by atoms with E-state index in [1.165, 1.54) is 0 Å². The van der Waals surface area contributed by atoms with Crippen LogP contribution in [0.5, 0.6) is 0 Å². The van der Waals surface area contributed by atoms with Gasteiger partial charge in [0.25, 0.3) is 5.91 Å². The summed E-state index contributed by atoms with van der Waals surface area (Å²) in [6.07, 6.45) is 0. The Kier molecular flexibility index (Phi) is 7.17. The van der Waals surface area contributed by atoms with Gasteiger partial charge in [-0.25, -0.2) is 0 Å². The maximum Gasteiger partial charge on any atom is 0.253 e. The summed E-state index contributed by atoms with van der Waals surface area (Å²) in [5.41, 5.74) is 2.82. The molecule has 0 atom stereocenters. The average molecular weight is 381 g/mol. The van der Waals surface area contributed by atoms with Crippen LogP contribution < -0.4 is 5.32 Å². The van der Waals surface area contributed by atoms with E-state index in [2.05, 4.69) is 10.2 Å². The number of benzene rings is 2. The summed E-state index contributed by atoms with van der Waals surface area (Å²) < 4.78 is 5.10. The molecule has 1 fully saturated rings. The molecule has 28 heavy (non-hydrogen) atoms. The maximum absolute atomic E-state index is 12.7. The highest BCUT2D eigenvalue weighted by Crippen LogP contribution is 2.11. The SMILES string of the molecule is COCc1ccc(C(=O)N2CCN(CC(=O)NCc3ccccc3)CC2)cc1. The molecule has 0 bridgehead atoms. The zero-order valence-corrected chi connectivity index (χ0v) is 16.3. The fraction of sp³-hybridized carbons (Fsp3) is 0.364. The molecule has 0 radical (unpaired) electrons. The van der Waals surface area contributed by atoms with E-state index in [1.54, 1.807) is 7.11 Å². The van der Waals surface area contributed by atoms with E-state index in [0.717, 1.165) is 11.1 Å². The Labute approximate surface area is 166 Å². The van der Waals surface area contributed by atoms with Crippen LogP contribution in [0.25, 0.3) is 0 Å². The van der Waals surface area contributed by atoms with Crippen molar-refractivity contribution in [2.24, 2.45) is 0 Å². The van der Waals surface area contributed by atoms with E-state index in [9.17, 15) is 9.59 Å². The summed E-state index contributed by atoms with van der Waals surface area (Å²) in [7, 11) is 1.65. The Morgan fingerprint density at radius 3 is 2.25 bits per heavy atom. The molecule has 3 rings (SSSR count). The number of amides is 2. The number of carbonyl (C=O) groups excluding carboxylic acids is 2. The number of nitrogens with one attached hydrogen (secondary N) is 1. The lowest BCUT2D eigenvalue weighted by molar-refractivity contribution is -0.122. The third kappa shape index (κ3) is 5.65. The van der Waals surface area contributed by atoms with Crippen LogP contribution in [-0.4, -0.2) is 61.4 Å². The van der Waals surface area contributed by atoms with Crippen LogP contribution >= 0.6 is 0 Å². The van der Waals surface area contributed by atoms with Gasteiger partial charge in [0.15, 0.2) is 0 Å². The van der Waals surface area contributed by atoms with Gasteiger partial charge in [-0.3, -0.25) is 14.5 Å². The van der Waals surface area contributed by atoms with Crippen LogP contribution in [0.15, 0.2) is 54.6 Å². The lowest BCUT2D eigenvalue weighted by Crippen LogP contribution is -2.51. The highest BCUT2D eigenvalue weighted by Gasteiger charge is 2.23. The van der Waals surface area contributed by atoms with E-state index < -0.39 is 0 Å². The zero-order chi connectivity index (χ0) is 19.8. The number of nitrogens with zero attached hydrogens (tertiary/aromatic N) is 2. The van der Waals surface area contributed by atoms with Crippen molar-refractivity contribution in [1.82, 2.24) is 15.1 Å². The van der Waals surface area contributed by atoms with E-state index in [1.807, 2.05) is 59.5 Å². The number of hydrogen-bond acceptors (Lipinski definition) is 4. The van der Waals surface area contributed by atoms with Crippen molar-refractivity contribution in [3.63, 3.8) is 0 Å². The Balaban J connectivity index is 1.42. The molecular weight excluding hydrogens is 354 g/mol. The van der Waals surface area contributed by atoms with Crippen molar-refractivity contribution in [3.05, 3.63) is 71.3 Å². The number of carbonyl (C=O) groups is 2. The van der Waals surface area contributed by atoms with Gasteiger partial charge in [-0.2, -0.15) is 0 Å². The first-order chi connectivity index (χ1) is 13.7. The van der Waals surface area contributed by atoms with Crippen molar-refractivity contribution in [2.45, 2.75) is 13.2 Å². The third-order valence-electron chi connectivity index (χ3n) is 4.87. The summed E-state index contributed by atoms with van der Waals surface area (Å²) in [6, 6.07) is 17.4. The largest absolute Gasteiger partial charge is 0.380 e. The molecule has 1 N–H and O–H groups in total. The Bertz CT molecular complexity index is 769. The molecule has 6 heteroatoms. The van der Waals surface area contributed by atoms with Crippen LogP contribution in [0.2, 0.25) is 0 Å². The molecule has 0 spiro atoms. The van der Waals surface area contributed by atoms with Gasteiger partial charge >= 0.3 is 0 Å². The van der Waals surface area contributed by atoms with Crippen LogP contribution in [0.3, 0.4) is 0 Å². The number of ether oxygens (including phenoxy) is 1. The number of hydrogen-bond donors (Lipinski definition) is 1. The van der Waals surface area contributed by atoms with Crippen LogP contribution in [-0.2, 0) is 22.7 Å². The average Bonchev–Trinajstić information content (AvgIpc) is 2.74. The lowest BCUT2D eigenvalue weighted by Gasteiger charge is -2.34. The highest BCUT2D eigenvalue weighted by atomic mass is 16.5. The van der Waals surface area contributed by atoms with Gasteiger partial charge in [-0.1, -0.05) is 42.5 Å². The second-order valence-electron chi connectivity index (χ2n) is 6.96. The maximum atomic E-state index is 12.7. The normalized spacial score (nSPS) is 14.7. The predicted molar refractivity (Wildman–Crippen MR) is 108 cm³/mol. The molecule has 0 saturated carbocycles. The van der Waals surface area contributed by atoms with Gasteiger partial charge in [0.05, 0.1) is 13.2 Å². The Morgan fingerprint density at radius 1 is 0.929 bits per heavy atom. The molecule has 2 aromatic rings. The molecule has 1 saturated heterocycles. The molecule has 0 aromatic heterocycles. The summed E-state index contributed by atoms with van der Waals surface area (Å²) in [5.74, 6) is 0.0505. The number of piperazine rings is 1. The first kappa shape index (κ1) is 20.0.